The van der Waals surface area contributed by atoms with Crippen LogP contribution in [0.4, 0.5) is 0 Å². The van der Waals surface area contributed by atoms with Crippen molar-refractivity contribution in [2.24, 2.45) is 11.7 Å². The fourth-order valence-corrected chi connectivity index (χ4v) is 2.77. The Morgan fingerprint density at radius 2 is 1.84 bits per heavy atom. The Morgan fingerprint density at radius 3 is 2.32 bits per heavy atom. The average molecular weight is 273 g/mol. The summed E-state index contributed by atoms with van der Waals surface area (Å²) < 4.78 is 10.5. The number of ether oxygens (including phenoxy) is 2. The highest BCUT2D eigenvalue weighted by molar-refractivity contribution is 4.77. The van der Waals surface area contributed by atoms with E-state index in [1.54, 1.807) is 14.2 Å². The Labute approximate surface area is 118 Å². The number of rotatable bonds is 8. The second-order valence-electron chi connectivity index (χ2n) is 5.71. The van der Waals surface area contributed by atoms with E-state index in [0.717, 1.165) is 18.9 Å². The van der Waals surface area contributed by atoms with Crippen molar-refractivity contribution in [3.8, 4) is 0 Å². The lowest BCUT2D eigenvalue weighted by molar-refractivity contribution is -0.116. The topological polar surface area (TPSA) is 51.0 Å². The second-order valence-corrected chi connectivity index (χ2v) is 5.71. The number of hydrogen-bond donors (Lipinski definition) is 1. The zero-order valence-electron chi connectivity index (χ0n) is 13.0. The first-order chi connectivity index (χ1) is 9.10. The maximum Gasteiger partial charge on any atom is 0.158 e. The molecule has 5 heteroatoms. The monoisotopic (exact) mass is 273 g/mol. The van der Waals surface area contributed by atoms with Gasteiger partial charge in [0.15, 0.2) is 6.29 Å². The maximum absolute atomic E-state index is 5.90. The van der Waals surface area contributed by atoms with Crippen LogP contribution < -0.4 is 5.73 Å². The van der Waals surface area contributed by atoms with Gasteiger partial charge in [-0.05, 0) is 45.9 Å². The second kappa shape index (κ2) is 8.87. The van der Waals surface area contributed by atoms with Crippen molar-refractivity contribution in [2.45, 2.75) is 31.6 Å². The summed E-state index contributed by atoms with van der Waals surface area (Å²) >= 11 is 0. The van der Waals surface area contributed by atoms with Crippen molar-refractivity contribution < 1.29 is 9.47 Å². The summed E-state index contributed by atoms with van der Waals surface area (Å²) in [6, 6.07) is 0.324. The molecule has 1 saturated heterocycles. The zero-order valence-corrected chi connectivity index (χ0v) is 13.0. The summed E-state index contributed by atoms with van der Waals surface area (Å²) in [7, 11) is 7.72. The molecule has 5 nitrogen and oxygen atoms in total. The van der Waals surface area contributed by atoms with E-state index in [0.29, 0.717) is 12.6 Å². The number of likely N-dealkylation sites (tertiary alicyclic amines) is 1. The van der Waals surface area contributed by atoms with Crippen LogP contribution in [-0.2, 0) is 9.47 Å². The van der Waals surface area contributed by atoms with E-state index in [1.165, 1.54) is 25.9 Å². The van der Waals surface area contributed by atoms with Gasteiger partial charge in [-0.3, -0.25) is 0 Å². The van der Waals surface area contributed by atoms with Crippen LogP contribution in [-0.4, -0.2) is 76.6 Å². The summed E-state index contributed by atoms with van der Waals surface area (Å²) in [4.78, 5) is 4.78. The predicted molar refractivity (Wildman–Crippen MR) is 78.1 cm³/mol. The molecule has 19 heavy (non-hydrogen) atoms. The van der Waals surface area contributed by atoms with Crippen molar-refractivity contribution >= 4 is 0 Å². The first-order valence-corrected chi connectivity index (χ1v) is 7.25. The van der Waals surface area contributed by atoms with Gasteiger partial charge < -0.3 is 25.0 Å². The molecule has 1 heterocycles. The molecule has 1 fully saturated rings. The minimum atomic E-state index is -0.159. The smallest absolute Gasteiger partial charge is 0.158 e. The van der Waals surface area contributed by atoms with Crippen LogP contribution >= 0.6 is 0 Å². The number of hydrogen-bond acceptors (Lipinski definition) is 5. The normalized spacial score (nSPS) is 20.4. The fourth-order valence-electron chi connectivity index (χ4n) is 2.77. The van der Waals surface area contributed by atoms with Gasteiger partial charge in [0, 0.05) is 39.8 Å². The predicted octanol–water partition coefficient (Wildman–Crippen LogP) is 0.596. The summed E-state index contributed by atoms with van der Waals surface area (Å²) in [6.07, 6.45) is 3.24. The summed E-state index contributed by atoms with van der Waals surface area (Å²) in [5, 5.41) is 0. The molecular weight excluding hydrogens is 242 g/mol. The molecule has 0 saturated carbocycles. The molecule has 0 aromatic carbocycles. The number of piperidine rings is 1. The van der Waals surface area contributed by atoms with E-state index in [4.69, 9.17) is 15.2 Å². The number of nitrogens with zero attached hydrogens (tertiary/aromatic N) is 2. The zero-order chi connectivity index (χ0) is 14.3. The van der Waals surface area contributed by atoms with Gasteiger partial charge in [0.1, 0.15) is 0 Å². The third-order valence-electron chi connectivity index (χ3n) is 4.27. The van der Waals surface area contributed by atoms with E-state index < -0.39 is 0 Å². The van der Waals surface area contributed by atoms with Crippen LogP contribution in [0.1, 0.15) is 19.3 Å². The number of nitrogens with two attached hydrogens (primary N) is 1. The van der Waals surface area contributed by atoms with Gasteiger partial charge in [0.2, 0.25) is 0 Å². The van der Waals surface area contributed by atoms with Crippen LogP contribution in [0, 0.1) is 5.92 Å². The van der Waals surface area contributed by atoms with Crippen molar-refractivity contribution in [1.82, 2.24) is 9.80 Å². The van der Waals surface area contributed by atoms with E-state index in [2.05, 4.69) is 23.9 Å². The van der Waals surface area contributed by atoms with Crippen molar-refractivity contribution in [2.75, 3.05) is 54.5 Å². The molecule has 0 aromatic heterocycles. The first kappa shape index (κ1) is 16.9. The molecule has 0 radical (unpaired) electrons. The summed E-state index contributed by atoms with van der Waals surface area (Å²) in [6.45, 7) is 4.19. The SMILES string of the molecule is COC(CC(CN)N(C)CC1CCN(C)CC1)OC. The lowest BCUT2D eigenvalue weighted by atomic mass is 9.96. The van der Waals surface area contributed by atoms with Crippen LogP contribution in [0.15, 0.2) is 0 Å². The Bertz CT molecular complexity index is 229. The van der Waals surface area contributed by atoms with Crippen LogP contribution in [0.25, 0.3) is 0 Å². The van der Waals surface area contributed by atoms with Crippen LogP contribution in [0.5, 0.6) is 0 Å². The molecule has 0 aromatic rings. The van der Waals surface area contributed by atoms with E-state index >= 15 is 0 Å². The Kier molecular flexibility index (Phi) is 7.87. The third-order valence-corrected chi connectivity index (χ3v) is 4.27. The van der Waals surface area contributed by atoms with Crippen molar-refractivity contribution in [3.63, 3.8) is 0 Å². The Hall–Kier alpha value is -0.200. The average Bonchev–Trinajstić information content (AvgIpc) is 2.42. The van der Waals surface area contributed by atoms with Gasteiger partial charge in [-0.1, -0.05) is 0 Å². The van der Waals surface area contributed by atoms with Crippen molar-refractivity contribution in [1.29, 1.82) is 0 Å². The Balaban J connectivity index is 2.38. The maximum atomic E-state index is 5.90. The molecular formula is C14H31N3O2. The highest BCUT2D eigenvalue weighted by Crippen LogP contribution is 2.18. The molecule has 0 spiro atoms. The lowest BCUT2D eigenvalue weighted by Gasteiger charge is -2.35. The molecule has 0 bridgehead atoms. The Morgan fingerprint density at radius 1 is 1.26 bits per heavy atom. The van der Waals surface area contributed by atoms with Gasteiger partial charge in [-0.2, -0.15) is 0 Å². The molecule has 1 atom stereocenters. The molecule has 0 amide bonds. The highest BCUT2D eigenvalue weighted by atomic mass is 16.7. The van der Waals surface area contributed by atoms with Gasteiger partial charge in [-0.15, -0.1) is 0 Å². The highest BCUT2D eigenvalue weighted by Gasteiger charge is 2.23. The number of methoxy groups -OCH3 is 2. The van der Waals surface area contributed by atoms with Gasteiger partial charge in [0.25, 0.3) is 0 Å². The van der Waals surface area contributed by atoms with E-state index in [9.17, 15) is 0 Å². The summed E-state index contributed by atoms with van der Waals surface area (Å²) in [5.41, 5.74) is 5.90. The van der Waals surface area contributed by atoms with Crippen LogP contribution in [0.3, 0.4) is 0 Å². The molecule has 2 N–H and O–H groups in total. The quantitative estimate of drug-likeness (QED) is 0.656. The minimum Gasteiger partial charge on any atom is -0.356 e. The van der Waals surface area contributed by atoms with E-state index in [1.807, 2.05) is 0 Å². The third kappa shape index (κ3) is 5.75. The lowest BCUT2D eigenvalue weighted by Crippen LogP contribution is -2.44. The number of likely N-dealkylation sites (N-methyl/N-ethyl adjacent to an activating group) is 1. The molecule has 1 rings (SSSR count). The molecule has 1 aliphatic heterocycles. The van der Waals surface area contributed by atoms with Gasteiger partial charge in [0.05, 0.1) is 0 Å². The van der Waals surface area contributed by atoms with E-state index in [-0.39, 0.29) is 6.29 Å². The molecule has 1 unspecified atom stereocenters. The summed E-state index contributed by atoms with van der Waals surface area (Å²) in [5.74, 6) is 0.791. The molecule has 114 valence electrons. The van der Waals surface area contributed by atoms with Gasteiger partial charge >= 0.3 is 0 Å². The largest absolute Gasteiger partial charge is 0.356 e. The molecule has 0 aliphatic carbocycles. The first-order valence-electron chi connectivity index (χ1n) is 7.25. The molecule has 1 aliphatic rings. The van der Waals surface area contributed by atoms with Crippen molar-refractivity contribution in [3.05, 3.63) is 0 Å². The standard InChI is InChI=1S/C14H31N3O2/c1-16-7-5-12(6-8-16)11-17(2)13(10-15)9-14(18-3)19-4/h12-14H,5-11,15H2,1-4H3. The minimum absolute atomic E-state index is 0.159. The van der Waals surface area contributed by atoms with Crippen LogP contribution in [0.2, 0.25) is 0 Å². The van der Waals surface area contributed by atoms with Gasteiger partial charge in [-0.25, -0.2) is 0 Å². The fraction of sp³-hybridized carbons (Fsp3) is 1.00.